The highest BCUT2D eigenvalue weighted by Crippen LogP contribution is 1.94. The number of imidazole rings is 3. The number of allylic oxidation sites excluding steroid dienone is 1. The molecule has 10 heteroatoms. The molecule has 0 atom stereocenters. The van der Waals surface area contributed by atoms with Crippen LogP contribution in [0.3, 0.4) is 0 Å². The molecule has 0 amide bonds. The smallest absolute Gasteiger partial charge is 0.338 e. The third-order valence-electron chi connectivity index (χ3n) is 2.92. The highest BCUT2D eigenvalue weighted by molar-refractivity contribution is 5.93. The number of carbonyl (C=O) groups excluding carboxylic acids is 2. The summed E-state index contributed by atoms with van der Waals surface area (Å²) in [4.78, 5) is 43.3. The SMILES string of the molecule is C=C(C)C(=O)O.C=C(C)C(=O)n1ccnc1.O=C(n1ccnc1)n1ccnc1. The zero-order valence-electron chi connectivity index (χ0n) is 15.5. The Bertz CT molecular complexity index is 877. The molecule has 0 unspecified atom stereocenters. The van der Waals surface area contributed by atoms with Gasteiger partial charge in [0.1, 0.15) is 19.0 Å². The van der Waals surface area contributed by atoms with Crippen molar-refractivity contribution in [1.82, 2.24) is 28.7 Å². The van der Waals surface area contributed by atoms with Crippen LogP contribution in [0.5, 0.6) is 0 Å². The number of nitrogens with zero attached hydrogens (tertiary/aromatic N) is 6. The second kappa shape index (κ2) is 10.8. The van der Waals surface area contributed by atoms with Gasteiger partial charge in [-0.3, -0.25) is 18.5 Å². The molecule has 1 N–H and O–H groups in total. The van der Waals surface area contributed by atoms with Gasteiger partial charge >= 0.3 is 12.0 Å². The average molecular weight is 384 g/mol. The van der Waals surface area contributed by atoms with Crippen molar-refractivity contribution in [1.29, 1.82) is 0 Å². The Labute approximate surface area is 161 Å². The minimum Gasteiger partial charge on any atom is -0.478 e. The summed E-state index contributed by atoms with van der Waals surface area (Å²) in [5.74, 6) is -1.05. The second-order valence-corrected chi connectivity index (χ2v) is 5.36. The predicted octanol–water partition coefficient (Wildman–Crippen LogP) is 2.34. The highest BCUT2D eigenvalue weighted by atomic mass is 16.4. The number of carbonyl (C=O) groups is 3. The zero-order chi connectivity index (χ0) is 21.1. The van der Waals surface area contributed by atoms with Crippen molar-refractivity contribution in [3.63, 3.8) is 0 Å². The van der Waals surface area contributed by atoms with E-state index in [1.807, 2.05) is 0 Å². The van der Waals surface area contributed by atoms with Gasteiger partial charge in [-0.15, -0.1) is 0 Å². The Balaban J connectivity index is 0.000000223. The minimum atomic E-state index is -0.935. The first-order valence-corrected chi connectivity index (χ1v) is 7.81. The van der Waals surface area contributed by atoms with Crippen LogP contribution in [0.4, 0.5) is 4.79 Å². The average Bonchev–Trinajstić information content (AvgIpc) is 3.45. The van der Waals surface area contributed by atoms with Gasteiger partial charge in [0, 0.05) is 48.3 Å². The summed E-state index contributed by atoms with van der Waals surface area (Å²) in [7, 11) is 0. The lowest BCUT2D eigenvalue weighted by Crippen LogP contribution is -2.15. The van der Waals surface area contributed by atoms with Crippen molar-refractivity contribution in [3.8, 4) is 0 Å². The maximum atomic E-state index is 11.4. The molecule has 0 spiro atoms. The zero-order valence-corrected chi connectivity index (χ0v) is 15.5. The predicted molar refractivity (Wildman–Crippen MR) is 101 cm³/mol. The molecule has 0 aliphatic rings. The fourth-order valence-electron chi connectivity index (χ4n) is 1.48. The molecule has 0 aliphatic carbocycles. The van der Waals surface area contributed by atoms with Gasteiger partial charge in [-0.2, -0.15) is 0 Å². The van der Waals surface area contributed by atoms with Crippen molar-refractivity contribution < 1.29 is 19.5 Å². The monoisotopic (exact) mass is 384 g/mol. The van der Waals surface area contributed by atoms with Crippen LogP contribution in [0.25, 0.3) is 0 Å². The lowest BCUT2D eigenvalue weighted by Gasteiger charge is -1.98. The third kappa shape index (κ3) is 7.04. The van der Waals surface area contributed by atoms with E-state index in [0.29, 0.717) is 5.57 Å². The van der Waals surface area contributed by atoms with Gasteiger partial charge in [0.25, 0.3) is 5.91 Å². The first-order valence-electron chi connectivity index (χ1n) is 7.81. The summed E-state index contributed by atoms with van der Waals surface area (Å²) in [6, 6.07) is -0.190. The van der Waals surface area contributed by atoms with E-state index in [9.17, 15) is 14.4 Å². The van der Waals surface area contributed by atoms with E-state index in [1.54, 1.807) is 44.1 Å². The van der Waals surface area contributed by atoms with E-state index < -0.39 is 5.97 Å². The molecule has 0 aliphatic heterocycles. The standard InChI is InChI=1S/C7H6N4O.C7H8N2O.C4H6O2/c12-7(10-3-1-8-5-10)11-4-2-9-6-11;1-6(2)7(10)9-4-3-8-5-9;1-3(2)4(5)6/h1-6H;3-5H,1H2,2H3;1H2,2H3,(H,5,6). The van der Waals surface area contributed by atoms with Gasteiger partial charge in [-0.1, -0.05) is 13.2 Å². The van der Waals surface area contributed by atoms with Gasteiger partial charge in [-0.25, -0.2) is 24.5 Å². The molecular formula is C18H20N6O4. The maximum absolute atomic E-state index is 11.4. The van der Waals surface area contributed by atoms with Crippen molar-refractivity contribution in [2.75, 3.05) is 0 Å². The molecule has 3 rings (SSSR count). The van der Waals surface area contributed by atoms with Gasteiger partial charge < -0.3 is 5.11 Å². The minimum absolute atomic E-state index is 0.113. The first-order chi connectivity index (χ1) is 13.2. The molecule has 3 aromatic rings. The molecule has 3 heterocycles. The number of carboxylic acid groups (broad SMARTS) is 1. The number of rotatable bonds is 2. The quantitative estimate of drug-likeness (QED) is 0.672. The molecule has 0 radical (unpaired) electrons. The van der Waals surface area contributed by atoms with E-state index >= 15 is 0 Å². The van der Waals surface area contributed by atoms with Crippen LogP contribution in [0, 0.1) is 0 Å². The maximum Gasteiger partial charge on any atom is 0.338 e. The van der Waals surface area contributed by atoms with Crippen LogP contribution in [-0.2, 0) is 4.79 Å². The first kappa shape index (κ1) is 22.0. The molecule has 146 valence electrons. The van der Waals surface area contributed by atoms with Crippen LogP contribution < -0.4 is 0 Å². The van der Waals surface area contributed by atoms with Crippen LogP contribution in [0.1, 0.15) is 18.6 Å². The van der Waals surface area contributed by atoms with Crippen molar-refractivity contribution in [2.24, 2.45) is 0 Å². The summed E-state index contributed by atoms with van der Waals surface area (Å²) in [6.45, 7) is 9.78. The van der Waals surface area contributed by atoms with Crippen LogP contribution in [0.2, 0.25) is 0 Å². The summed E-state index contributed by atoms with van der Waals surface area (Å²) in [6.07, 6.45) is 13.8. The van der Waals surface area contributed by atoms with Gasteiger partial charge in [0.05, 0.1) is 0 Å². The molecule has 0 saturated heterocycles. The van der Waals surface area contributed by atoms with Gasteiger partial charge in [0.2, 0.25) is 0 Å². The summed E-state index contributed by atoms with van der Waals surface area (Å²) < 4.78 is 4.14. The molecule has 10 nitrogen and oxygen atoms in total. The van der Waals surface area contributed by atoms with Crippen molar-refractivity contribution in [2.45, 2.75) is 13.8 Å². The van der Waals surface area contributed by atoms with E-state index in [0.717, 1.165) is 0 Å². The molecule has 0 saturated carbocycles. The Morgan fingerprint density at radius 1 is 0.750 bits per heavy atom. The topological polar surface area (TPSA) is 125 Å². The third-order valence-corrected chi connectivity index (χ3v) is 2.92. The highest BCUT2D eigenvalue weighted by Gasteiger charge is 2.04. The molecule has 3 aromatic heterocycles. The number of aliphatic carboxylic acids is 1. The largest absolute Gasteiger partial charge is 0.478 e. The molecule has 0 fully saturated rings. The second-order valence-electron chi connectivity index (χ2n) is 5.36. The Kier molecular flexibility index (Phi) is 8.48. The summed E-state index contributed by atoms with van der Waals surface area (Å²) in [5.41, 5.74) is 0.688. The van der Waals surface area contributed by atoms with Crippen LogP contribution in [0.15, 0.2) is 80.5 Å². The van der Waals surface area contributed by atoms with Crippen molar-refractivity contribution in [3.05, 3.63) is 80.5 Å². The van der Waals surface area contributed by atoms with E-state index in [1.165, 1.54) is 39.6 Å². The molecule has 0 aromatic carbocycles. The Hall–Kier alpha value is -4.08. The van der Waals surface area contributed by atoms with Gasteiger partial charge in [0.15, 0.2) is 0 Å². The number of hydrogen-bond donors (Lipinski definition) is 1. The lowest BCUT2D eigenvalue weighted by molar-refractivity contribution is -0.132. The fourth-order valence-corrected chi connectivity index (χ4v) is 1.48. The normalized spacial score (nSPS) is 9.21. The molecule has 28 heavy (non-hydrogen) atoms. The van der Waals surface area contributed by atoms with Crippen LogP contribution >= 0.6 is 0 Å². The Morgan fingerprint density at radius 2 is 1.11 bits per heavy atom. The van der Waals surface area contributed by atoms with E-state index in [4.69, 9.17) is 5.11 Å². The summed E-state index contributed by atoms with van der Waals surface area (Å²) >= 11 is 0. The lowest BCUT2D eigenvalue weighted by atomic mass is 10.3. The van der Waals surface area contributed by atoms with Crippen LogP contribution in [-0.4, -0.2) is 51.7 Å². The number of hydrogen-bond acceptors (Lipinski definition) is 6. The summed E-state index contributed by atoms with van der Waals surface area (Å²) in [5, 5.41) is 7.89. The number of aromatic nitrogens is 6. The molecule has 0 bridgehead atoms. The molecular weight excluding hydrogens is 364 g/mol. The fraction of sp³-hybridized carbons (Fsp3) is 0.111. The van der Waals surface area contributed by atoms with Crippen molar-refractivity contribution >= 4 is 17.9 Å². The van der Waals surface area contributed by atoms with E-state index in [-0.39, 0.29) is 17.5 Å². The Morgan fingerprint density at radius 3 is 1.36 bits per heavy atom. The number of carboxylic acids is 1. The van der Waals surface area contributed by atoms with E-state index in [2.05, 4.69) is 28.1 Å². The van der Waals surface area contributed by atoms with Gasteiger partial charge in [-0.05, 0) is 13.8 Å².